The van der Waals surface area contributed by atoms with Crippen LogP contribution in [0.2, 0.25) is 0 Å². The van der Waals surface area contributed by atoms with E-state index in [9.17, 15) is 0 Å². The minimum atomic E-state index is -0.0158. The summed E-state index contributed by atoms with van der Waals surface area (Å²) in [6.07, 6.45) is 0. The predicted octanol–water partition coefficient (Wildman–Crippen LogP) is 25.3. The van der Waals surface area contributed by atoms with Crippen LogP contribution in [0.4, 0.5) is 0 Å². The molecule has 8 aromatic heterocycles. The molecule has 400 valence electrons. The largest absolute Gasteiger partial charge is 0.134 e. The molecular weight excluding hydrogens is 1150 g/mol. The average molecular weight is 1200 g/mol. The zero-order chi connectivity index (χ0) is 55.6. The Kier molecular flexibility index (Phi) is 10.9. The fourth-order valence-corrected chi connectivity index (χ4v) is 23.7. The van der Waals surface area contributed by atoms with E-state index in [0.717, 1.165) is 0 Å². The molecule has 2 atom stereocenters. The predicted molar refractivity (Wildman–Crippen MR) is 368 cm³/mol. The maximum Gasteiger partial charge on any atom is 0.0455 e. The van der Waals surface area contributed by atoms with E-state index in [-0.39, 0.29) is 10.8 Å². The van der Waals surface area contributed by atoms with Gasteiger partial charge in [-0.25, -0.2) is 0 Å². The lowest BCUT2D eigenvalue weighted by Crippen LogP contribution is -2.16. The van der Waals surface area contributed by atoms with Crippen LogP contribution in [-0.4, -0.2) is 0 Å². The molecule has 14 aromatic rings. The van der Waals surface area contributed by atoms with E-state index in [4.69, 9.17) is 0 Å². The molecule has 0 fully saturated rings. The van der Waals surface area contributed by atoms with Gasteiger partial charge in [-0.05, 0) is 213 Å². The van der Waals surface area contributed by atoms with Crippen molar-refractivity contribution in [2.24, 2.45) is 0 Å². The number of fused-ring (bicyclic) bond motifs is 16. The number of rotatable bonds is 4. The lowest BCUT2D eigenvalue weighted by Gasteiger charge is -2.24. The summed E-state index contributed by atoms with van der Waals surface area (Å²) in [7, 11) is 0. The van der Waals surface area contributed by atoms with Gasteiger partial charge < -0.3 is 0 Å². The van der Waals surface area contributed by atoms with E-state index in [2.05, 4.69) is 215 Å². The Bertz CT molecular complexity index is 4770. The van der Waals surface area contributed by atoms with Gasteiger partial charge in [-0.1, -0.05) is 112 Å². The highest BCUT2D eigenvalue weighted by atomic mass is 32.1. The Morgan fingerprint density at radius 2 is 0.561 bits per heavy atom. The van der Waals surface area contributed by atoms with Crippen LogP contribution >= 0.6 is 90.7 Å². The van der Waals surface area contributed by atoms with E-state index in [1.165, 1.54) is 188 Å². The van der Waals surface area contributed by atoms with Gasteiger partial charge in [-0.2, -0.15) is 0 Å². The van der Waals surface area contributed by atoms with E-state index in [0.29, 0.717) is 11.8 Å². The van der Waals surface area contributed by atoms with Crippen molar-refractivity contribution in [1.82, 2.24) is 0 Å². The summed E-state index contributed by atoms with van der Waals surface area (Å²) in [6, 6.07) is 56.9. The summed E-state index contributed by atoms with van der Waals surface area (Å²) in [5.41, 5.74) is 23.1. The van der Waals surface area contributed by atoms with Crippen molar-refractivity contribution in [3.8, 4) is 80.8 Å². The van der Waals surface area contributed by atoms with Crippen LogP contribution in [0.5, 0.6) is 0 Å². The Balaban J connectivity index is 0.000000130. The highest BCUT2D eigenvalue weighted by Crippen LogP contribution is 2.62. The summed E-state index contributed by atoms with van der Waals surface area (Å²) in [5, 5.41) is 5.45. The first-order chi connectivity index (χ1) is 39.5. The standard InChI is InChI=1S/C38H30S4.C36H26S4/c1-19-7-9-29-21(11-19)13-31(39-29)33-17-27-35(41-33)23-15-26-24(16-25(23)37(27,3)4)36-28(38(26,5)6)18-34(42-36)32-14-22-12-20(2)8-10-30(22)40-32;1-17-5-7-29-21(9-17)11-31(37-29)33-15-25-19(3)23-14-28-24(13-27(23)35(25)39-33)20(4)26-16-34(40-36(26)28)32-12-22-10-18(2)6-8-30(22)38-32/h7-18H,1-6H3;5-16,19-20H,1-4H3. The van der Waals surface area contributed by atoms with Crippen LogP contribution in [0.25, 0.3) is 121 Å². The van der Waals surface area contributed by atoms with Gasteiger partial charge in [0.05, 0.1) is 0 Å². The van der Waals surface area contributed by atoms with Gasteiger partial charge >= 0.3 is 0 Å². The zero-order valence-corrected chi connectivity index (χ0v) is 53.8. The molecule has 0 amide bonds. The van der Waals surface area contributed by atoms with Crippen molar-refractivity contribution in [1.29, 1.82) is 0 Å². The SMILES string of the molecule is Cc1ccc2sc(-c3cc4c(s3)-c3cc5c(cc3C4(C)C)-c3sc(-c4cc6cc(C)ccc6s4)cc3C5(C)C)cc2c1.Cc1ccc2sc(-c3cc4c(s3)-c3cc5c(cc3C4C)-c3sc(-c4cc6cc(C)ccc6s4)cc3C5C)cc2c1. The van der Waals surface area contributed by atoms with Gasteiger partial charge in [0.15, 0.2) is 0 Å². The van der Waals surface area contributed by atoms with Crippen LogP contribution in [0.3, 0.4) is 0 Å². The minimum absolute atomic E-state index is 0.0158. The van der Waals surface area contributed by atoms with E-state index in [1.54, 1.807) is 0 Å². The monoisotopic (exact) mass is 1200 g/mol. The molecule has 0 bridgehead atoms. The molecular formula is C74H56S8. The Morgan fingerprint density at radius 3 is 0.890 bits per heavy atom. The van der Waals surface area contributed by atoms with Gasteiger partial charge in [-0.3, -0.25) is 0 Å². The maximum absolute atomic E-state index is 2.56. The number of aryl methyl sites for hydroxylation is 4. The first-order valence-electron chi connectivity index (χ1n) is 28.5. The Hall–Kier alpha value is -6.04. The van der Waals surface area contributed by atoms with Gasteiger partial charge in [0, 0.05) is 100.0 Å². The van der Waals surface area contributed by atoms with Crippen LogP contribution < -0.4 is 0 Å². The van der Waals surface area contributed by atoms with Crippen molar-refractivity contribution in [2.75, 3.05) is 0 Å². The molecule has 6 aromatic carbocycles. The lowest BCUT2D eigenvalue weighted by atomic mass is 9.79. The molecule has 0 saturated carbocycles. The number of benzene rings is 6. The third-order valence-electron chi connectivity index (χ3n) is 18.6. The van der Waals surface area contributed by atoms with Crippen molar-refractivity contribution < 1.29 is 0 Å². The van der Waals surface area contributed by atoms with E-state index >= 15 is 0 Å². The zero-order valence-electron chi connectivity index (χ0n) is 47.3. The molecule has 0 nitrogen and oxygen atoms in total. The van der Waals surface area contributed by atoms with Crippen LogP contribution in [0, 0.1) is 27.7 Å². The minimum Gasteiger partial charge on any atom is -0.134 e. The summed E-state index contributed by atoms with van der Waals surface area (Å²) in [6.45, 7) is 23.2. The number of thiophene rings is 8. The van der Waals surface area contributed by atoms with Crippen LogP contribution in [0.1, 0.15) is 120 Å². The Morgan fingerprint density at radius 1 is 0.268 bits per heavy atom. The van der Waals surface area contributed by atoms with Gasteiger partial charge in [0.1, 0.15) is 0 Å². The highest BCUT2D eigenvalue weighted by Gasteiger charge is 2.44. The van der Waals surface area contributed by atoms with Gasteiger partial charge in [-0.15, -0.1) is 90.7 Å². The molecule has 18 rings (SSSR count). The third-order valence-corrected chi connectivity index (χ3v) is 28.5. The normalized spacial score (nSPS) is 16.4. The van der Waals surface area contributed by atoms with Crippen molar-refractivity contribution >= 4 is 131 Å². The average Bonchev–Trinajstić information content (AvgIpc) is 3.02. The second-order valence-electron chi connectivity index (χ2n) is 24.8. The Labute approximate surface area is 511 Å². The first kappa shape index (κ1) is 50.5. The number of hydrogen-bond acceptors (Lipinski definition) is 8. The molecule has 0 radical (unpaired) electrons. The number of hydrogen-bond donors (Lipinski definition) is 0. The summed E-state index contributed by atoms with van der Waals surface area (Å²) >= 11 is 15.7. The fourth-order valence-electron chi connectivity index (χ4n) is 14.0. The molecule has 4 aliphatic carbocycles. The fraction of sp³-hybridized carbons (Fsp3) is 0.189. The molecule has 2 unspecified atom stereocenters. The summed E-state index contributed by atoms with van der Waals surface area (Å²) < 4.78 is 5.51. The van der Waals surface area contributed by atoms with E-state index in [1.807, 2.05) is 90.7 Å². The maximum atomic E-state index is 2.56. The van der Waals surface area contributed by atoms with Crippen molar-refractivity contribution in [2.45, 2.75) is 91.9 Å². The van der Waals surface area contributed by atoms with Crippen LogP contribution in [0.15, 0.2) is 146 Å². The molecule has 0 N–H and O–H groups in total. The van der Waals surface area contributed by atoms with Crippen molar-refractivity contribution in [3.05, 3.63) is 212 Å². The van der Waals surface area contributed by atoms with Gasteiger partial charge in [0.25, 0.3) is 0 Å². The molecule has 82 heavy (non-hydrogen) atoms. The second kappa shape index (κ2) is 17.8. The third kappa shape index (κ3) is 7.44. The first-order valence-corrected chi connectivity index (χ1v) is 35.0. The van der Waals surface area contributed by atoms with E-state index < -0.39 is 0 Å². The van der Waals surface area contributed by atoms with Crippen LogP contribution in [-0.2, 0) is 10.8 Å². The molecule has 0 spiro atoms. The molecule has 0 aliphatic heterocycles. The highest BCUT2D eigenvalue weighted by molar-refractivity contribution is 7.29. The second-order valence-corrected chi connectivity index (χ2v) is 33.3. The lowest BCUT2D eigenvalue weighted by molar-refractivity contribution is 0.653. The summed E-state index contributed by atoms with van der Waals surface area (Å²) in [5.74, 6) is 0.864. The topological polar surface area (TPSA) is 0 Å². The molecule has 0 saturated heterocycles. The molecule has 4 aliphatic rings. The van der Waals surface area contributed by atoms with Gasteiger partial charge in [0.2, 0.25) is 0 Å². The summed E-state index contributed by atoms with van der Waals surface area (Å²) in [4.78, 5) is 17.1. The quantitative estimate of drug-likeness (QED) is 0.165. The molecule has 8 heteroatoms. The molecule has 8 heterocycles. The smallest absolute Gasteiger partial charge is 0.0455 e. The van der Waals surface area contributed by atoms with Crippen molar-refractivity contribution in [3.63, 3.8) is 0 Å².